The number of aromatic nitrogens is 1. The highest BCUT2D eigenvalue weighted by Gasteiger charge is 2.14. The van der Waals surface area contributed by atoms with Crippen molar-refractivity contribution in [2.75, 3.05) is 46.8 Å². The maximum atomic E-state index is 3.27. The molecule has 0 radical (unpaired) electrons. The Morgan fingerprint density at radius 3 is 2.62 bits per heavy atom. The highest BCUT2D eigenvalue weighted by molar-refractivity contribution is 5.83. The molecule has 3 rings (SSSR count). The molecule has 2 heterocycles. The van der Waals surface area contributed by atoms with Crippen LogP contribution in [0.5, 0.6) is 0 Å². The molecule has 1 aliphatic heterocycles. The lowest BCUT2D eigenvalue weighted by Crippen LogP contribution is -2.45. The predicted molar refractivity (Wildman–Crippen MR) is 88.6 cm³/mol. The first kappa shape index (κ1) is 14.6. The van der Waals surface area contributed by atoms with E-state index in [4.69, 9.17) is 0 Å². The number of rotatable bonds is 5. The van der Waals surface area contributed by atoms with Gasteiger partial charge in [0.15, 0.2) is 0 Å². The number of nitrogens with one attached hydrogen (secondary N) is 1. The van der Waals surface area contributed by atoms with Crippen LogP contribution in [0, 0.1) is 0 Å². The van der Waals surface area contributed by atoms with E-state index < -0.39 is 0 Å². The first-order valence-corrected chi connectivity index (χ1v) is 7.90. The molecule has 4 nitrogen and oxygen atoms in total. The Balaban J connectivity index is 1.72. The standard InChI is InChI=1S/C17H26N4/c1-18-14-16-5-3-4-15-6-7-21(17(15)16)13-12-20-10-8-19(2)9-11-20/h3-7,18H,8-14H2,1-2H3. The average molecular weight is 286 g/mol. The van der Waals surface area contributed by atoms with E-state index in [0.29, 0.717) is 0 Å². The second kappa shape index (κ2) is 6.60. The van der Waals surface area contributed by atoms with Crippen molar-refractivity contribution in [3.05, 3.63) is 36.0 Å². The van der Waals surface area contributed by atoms with Gasteiger partial charge < -0.3 is 14.8 Å². The molecule has 114 valence electrons. The first-order valence-electron chi connectivity index (χ1n) is 7.90. The zero-order chi connectivity index (χ0) is 14.7. The Morgan fingerprint density at radius 1 is 1.05 bits per heavy atom. The molecule has 1 saturated heterocycles. The zero-order valence-electron chi connectivity index (χ0n) is 13.2. The Hall–Kier alpha value is -1.36. The highest BCUT2D eigenvalue weighted by atomic mass is 15.2. The number of likely N-dealkylation sites (N-methyl/N-ethyl adjacent to an activating group) is 1. The molecule has 1 aromatic heterocycles. The molecule has 0 amide bonds. The van der Waals surface area contributed by atoms with Crippen molar-refractivity contribution in [3.8, 4) is 0 Å². The molecule has 0 saturated carbocycles. The van der Waals surface area contributed by atoms with Crippen molar-refractivity contribution in [2.24, 2.45) is 0 Å². The van der Waals surface area contributed by atoms with Crippen LogP contribution in [0.3, 0.4) is 0 Å². The smallest absolute Gasteiger partial charge is 0.0526 e. The largest absolute Gasteiger partial charge is 0.346 e. The van der Waals surface area contributed by atoms with E-state index in [9.17, 15) is 0 Å². The average Bonchev–Trinajstić information content (AvgIpc) is 2.91. The number of para-hydroxylation sites is 1. The van der Waals surface area contributed by atoms with Gasteiger partial charge in [-0.2, -0.15) is 0 Å². The number of nitrogens with zero attached hydrogens (tertiary/aromatic N) is 3. The van der Waals surface area contributed by atoms with E-state index in [1.54, 1.807) is 0 Å². The molecular formula is C17H26N4. The third-order valence-electron chi connectivity index (χ3n) is 4.49. The molecule has 0 bridgehead atoms. The summed E-state index contributed by atoms with van der Waals surface area (Å²) in [7, 11) is 4.22. The van der Waals surface area contributed by atoms with Crippen molar-refractivity contribution in [1.82, 2.24) is 19.7 Å². The fourth-order valence-corrected chi connectivity index (χ4v) is 3.18. The third-order valence-corrected chi connectivity index (χ3v) is 4.49. The molecular weight excluding hydrogens is 260 g/mol. The molecule has 0 aliphatic carbocycles. The Labute approximate surface area is 127 Å². The molecule has 4 heteroatoms. The summed E-state index contributed by atoms with van der Waals surface area (Å²) in [5.41, 5.74) is 2.78. The molecule has 1 aliphatic rings. The summed E-state index contributed by atoms with van der Waals surface area (Å²) in [5, 5.41) is 4.62. The summed E-state index contributed by atoms with van der Waals surface area (Å²) < 4.78 is 2.42. The molecule has 1 N–H and O–H groups in total. The first-order chi connectivity index (χ1) is 10.3. The summed E-state index contributed by atoms with van der Waals surface area (Å²) >= 11 is 0. The van der Waals surface area contributed by atoms with Gasteiger partial charge in [-0.25, -0.2) is 0 Å². The fourth-order valence-electron chi connectivity index (χ4n) is 3.18. The van der Waals surface area contributed by atoms with Crippen LogP contribution in [0.1, 0.15) is 5.56 Å². The second-order valence-corrected chi connectivity index (χ2v) is 6.04. The van der Waals surface area contributed by atoms with Crippen LogP contribution in [-0.4, -0.2) is 61.2 Å². The van der Waals surface area contributed by atoms with Gasteiger partial charge in [0.25, 0.3) is 0 Å². The number of hydrogen-bond acceptors (Lipinski definition) is 3. The SMILES string of the molecule is CNCc1cccc2ccn(CCN3CCN(C)CC3)c12. The summed E-state index contributed by atoms with van der Waals surface area (Å²) in [5.74, 6) is 0. The maximum absolute atomic E-state index is 3.27. The van der Waals surface area contributed by atoms with Crippen molar-refractivity contribution in [3.63, 3.8) is 0 Å². The van der Waals surface area contributed by atoms with Gasteiger partial charge in [-0.15, -0.1) is 0 Å². The molecule has 0 spiro atoms. The number of piperazine rings is 1. The van der Waals surface area contributed by atoms with Crippen LogP contribution in [0.2, 0.25) is 0 Å². The van der Waals surface area contributed by atoms with Crippen molar-refractivity contribution in [2.45, 2.75) is 13.1 Å². The quantitative estimate of drug-likeness (QED) is 0.903. The van der Waals surface area contributed by atoms with E-state index in [-0.39, 0.29) is 0 Å². The lowest BCUT2D eigenvalue weighted by molar-refractivity contribution is 0.150. The van der Waals surface area contributed by atoms with Gasteiger partial charge in [-0.1, -0.05) is 18.2 Å². The number of benzene rings is 1. The van der Waals surface area contributed by atoms with Gasteiger partial charge >= 0.3 is 0 Å². The Morgan fingerprint density at radius 2 is 1.86 bits per heavy atom. The normalized spacial score (nSPS) is 17.6. The van der Waals surface area contributed by atoms with Crippen molar-refractivity contribution < 1.29 is 0 Å². The summed E-state index contributed by atoms with van der Waals surface area (Å²) in [6.07, 6.45) is 2.24. The van der Waals surface area contributed by atoms with E-state index in [0.717, 1.165) is 19.6 Å². The summed E-state index contributed by atoms with van der Waals surface area (Å²) in [4.78, 5) is 4.99. The molecule has 0 atom stereocenters. The minimum Gasteiger partial charge on any atom is -0.346 e. The lowest BCUT2D eigenvalue weighted by Gasteiger charge is -2.32. The minimum absolute atomic E-state index is 0.926. The zero-order valence-corrected chi connectivity index (χ0v) is 13.2. The topological polar surface area (TPSA) is 23.4 Å². The van der Waals surface area contributed by atoms with Crippen molar-refractivity contribution >= 4 is 10.9 Å². The third kappa shape index (κ3) is 3.28. The van der Waals surface area contributed by atoms with Crippen LogP contribution in [0.25, 0.3) is 10.9 Å². The number of fused-ring (bicyclic) bond motifs is 1. The van der Waals surface area contributed by atoms with E-state index in [1.165, 1.54) is 42.6 Å². The monoisotopic (exact) mass is 286 g/mol. The van der Waals surface area contributed by atoms with Crippen LogP contribution in [-0.2, 0) is 13.1 Å². The lowest BCUT2D eigenvalue weighted by atomic mass is 10.1. The number of hydrogen-bond donors (Lipinski definition) is 1. The maximum Gasteiger partial charge on any atom is 0.0526 e. The van der Waals surface area contributed by atoms with E-state index >= 15 is 0 Å². The van der Waals surface area contributed by atoms with Gasteiger partial charge in [0.05, 0.1) is 5.52 Å². The van der Waals surface area contributed by atoms with Gasteiger partial charge in [0, 0.05) is 52.0 Å². The molecule has 1 fully saturated rings. The predicted octanol–water partition coefficient (Wildman–Crippen LogP) is 1.61. The van der Waals surface area contributed by atoms with Crippen molar-refractivity contribution in [1.29, 1.82) is 0 Å². The second-order valence-electron chi connectivity index (χ2n) is 6.04. The van der Waals surface area contributed by atoms with Gasteiger partial charge in [-0.05, 0) is 31.1 Å². The van der Waals surface area contributed by atoms with Crippen LogP contribution in [0.15, 0.2) is 30.5 Å². The molecule has 2 aromatic rings. The van der Waals surface area contributed by atoms with E-state index in [2.05, 4.69) is 57.2 Å². The van der Waals surface area contributed by atoms with Crippen LogP contribution < -0.4 is 5.32 Å². The Bertz CT molecular complexity index is 581. The van der Waals surface area contributed by atoms with Gasteiger partial charge in [0.1, 0.15) is 0 Å². The van der Waals surface area contributed by atoms with Gasteiger partial charge in [0.2, 0.25) is 0 Å². The summed E-state index contributed by atoms with van der Waals surface area (Å²) in [6.45, 7) is 7.92. The summed E-state index contributed by atoms with van der Waals surface area (Å²) in [6, 6.07) is 8.82. The van der Waals surface area contributed by atoms with Crippen LogP contribution >= 0.6 is 0 Å². The molecule has 0 unspecified atom stereocenters. The fraction of sp³-hybridized carbons (Fsp3) is 0.529. The van der Waals surface area contributed by atoms with E-state index in [1.807, 2.05) is 7.05 Å². The van der Waals surface area contributed by atoms with Crippen LogP contribution in [0.4, 0.5) is 0 Å². The Kier molecular flexibility index (Phi) is 4.58. The van der Waals surface area contributed by atoms with Gasteiger partial charge in [-0.3, -0.25) is 4.90 Å². The molecule has 1 aromatic carbocycles. The molecule has 21 heavy (non-hydrogen) atoms. The highest BCUT2D eigenvalue weighted by Crippen LogP contribution is 2.20. The minimum atomic E-state index is 0.926.